The van der Waals surface area contributed by atoms with Crippen molar-refractivity contribution in [3.05, 3.63) is 136 Å². The van der Waals surface area contributed by atoms with Crippen molar-refractivity contribution in [1.82, 2.24) is 25.0 Å². The first-order chi connectivity index (χ1) is 22.1. The van der Waals surface area contributed by atoms with Crippen LogP contribution in [-0.2, 0) is 6.54 Å². The molecular formula is C37H36N6O2. The Bertz CT molecular complexity index is 2010. The van der Waals surface area contributed by atoms with E-state index in [1.165, 1.54) is 5.69 Å². The highest BCUT2D eigenvalue weighted by Crippen LogP contribution is 2.27. The van der Waals surface area contributed by atoms with Crippen LogP contribution in [0.3, 0.4) is 0 Å². The van der Waals surface area contributed by atoms with Gasteiger partial charge >= 0.3 is 0 Å². The van der Waals surface area contributed by atoms with Crippen LogP contribution >= 0.6 is 0 Å². The topological polar surface area (TPSA) is 86.3 Å². The van der Waals surface area contributed by atoms with Crippen LogP contribution in [0.5, 0.6) is 0 Å². The van der Waals surface area contributed by atoms with Gasteiger partial charge in [0.2, 0.25) is 0 Å². The van der Waals surface area contributed by atoms with E-state index in [1.54, 1.807) is 4.57 Å². The third-order valence-corrected chi connectivity index (χ3v) is 8.88. The number of hydrogen-bond donors (Lipinski definition) is 2. The van der Waals surface area contributed by atoms with Crippen LogP contribution in [0.4, 0.5) is 5.69 Å². The van der Waals surface area contributed by atoms with Crippen molar-refractivity contribution in [3.8, 4) is 5.69 Å². The predicted molar refractivity (Wildman–Crippen MR) is 180 cm³/mol. The molecule has 8 nitrogen and oxygen atoms in total. The molecule has 0 aliphatic carbocycles. The summed E-state index contributed by atoms with van der Waals surface area (Å²) in [5.41, 5.74) is 5.14. The van der Waals surface area contributed by atoms with Crippen LogP contribution in [0.2, 0.25) is 0 Å². The Labute approximate surface area is 261 Å². The third-order valence-electron chi connectivity index (χ3n) is 8.88. The molecule has 4 aromatic carbocycles. The fourth-order valence-electron chi connectivity index (χ4n) is 6.49. The molecule has 0 unspecified atom stereocenters. The smallest absolute Gasteiger partial charge is 0.263 e. The van der Waals surface area contributed by atoms with Crippen molar-refractivity contribution in [1.29, 1.82) is 0 Å². The molecule has 1 atom stereocenters. The lowest BCUT2D eigenvalue weighted by molar-refractivity contribution is 0.0934. The Morgan fingerprint density at radius 1 is 0.844 bits per heavy atom. The minimum Gasteiger partial charge on any atom is -0.369 e. The summed E-state index contributed by atoms with van der Waals surface area (Å²) in [5, 5.41) is 12.8. The van der Waals surface area contributed by atoms with Gasteiger partial charge in [0.15, 0.2) is 0 Å². The zero-order valence-corrected chi connectivity index (χ0v) is 25.3. The lowest BCUT2D eigenvalue weighted by atomic mass is 9.99. The largest absolute Gasteiger partial charge is 0.369 e. The van der Waals surface area contributed by atoms with Gasteiger partial charge in [-0.1, -0.05) is 73.7 Å². The van der Waals surface area contributed by atoms with E-state index in [1.807, 2.05) is 91.1 Å². The second kappa shape index (κ2) is 12.4. The summed E-state index contributed by atoms with van der Waals surface area (Å²) in [4.78, 5) is 33.3. The molecule has 1 fully saturated rings. The minimum atomic E-state index is -0.173. The summed E-state index contributed by atoms with van der Waals surface area (Å²) in [6, 6.07) is 33.4. The number of fused-ring (bicyclic) bond motifs is 2. The molecule has 6 aromatic rings. The van der Waals surface area contributed by atoms with Gasteiger partial charge in [0, 0.05) is 60.3 Å². The minimum absolute atomic E-state index is 0.120. The van der Waals surface area contributed by atoms with Gasteiger partial charge in [-0.25, -0.2) is 0 Å². The number of nitrogens with zero attached hydrogens (tertiary/aromatic N) is 4. The fourth-order valence-corrected chi connectivity index (χ4v) is 6.49. The number of nitrogens with one attached hydrogen (secondary N) is 2. The number of hydrogen-bond acceptors (Lipinski definition) is 5. The maximum absolute atomic E-state index is 14.4. The van der Waals surface area contributed by atoms with Crippen LogP contribution in [-0.4, -0.2) is 51.8 Å². The summed E-state index contributed by atoms with van der Waals surface area (Å²) >= 11 is 0. The molecule has 0 radical (unpaired) electrons. The molecule has 7 rings (SSSR count). The van der Waals surface area contributed by atoms with Crippen LogP contribution in [0.15, 0.2) is 114 Å². The second-order valence-electron chi connectivity index (χ2n) is 11.6. The van der Waals surface area contributed by atoms with Crippen LogP contribution in [0, 0.1) is 0 Å². The Kier molecular flexibility index (Phi) is 7.88. The monoisotopic (exact) mass is 596 g/mol. The van der Waals surface area contributed by atoms with E-state index in [0.717, 1.165) is 54.8 Å². The van der Waals surface area contributed by atoms with Crippen molar-refractivity contribution < 1.29 is 4.79 Å². The molecule has 1 aliphatic rings. The molecule has 0 saturated carbocycles. The number of carbonyl (C=O) groups is 1. The van der Waals surface area contributed by atoms with Crippen molar-refractivity contribution in [2.45, 2.75) is 25.9 Å². The van der Waals surface area contributed by atoms with Gasteiger partial charge in [-0.05, 0) is 48.4 Å². The van der Waals surface area contributed by atoms with E-state index in [2.05, 4.69) is 50.4 Å². The van der Waals surface area contributed by atoms with Gasteiger partial charge in [-0.3, -0.25) is 24.2 Å². The van der Waals surface area contributed by atoms with Crippen LogP contribution in [0.1, 0.15) is 41.0 Å². The van der Waals surface area contributed by atoms with Crippen molar-refractivity contribution in [2.24, 2.45) is 0 Å². The van der Waals surface area contributed by atoms with Gasteiger partial charge in [0.05, 0.1) is 29.0 Å². The number of aromatic amines is 1. The number of anilines is 1. The van der Waals surface area contributed by atoms with Crippen molar-refractivity contribution in [3.63, 3.8) is 0 Å². The highest BCUT2D eigenvalue weighted by Gasteiger charge is 2.27. The van der Waals surface area contributed by atoms with E-state index >= 15 is 0 Å². The van der Waals surface area contributed by atoms with E-state index in [-0.39, 0.29) is 17.5 Å². The average molecular weight is 597 g/mol. The summed E-state index contributed by atoms with van der Waals surface area (Å²) < 4.78 is 1.75. The molecule has 8 heteroatoms. The van der Waals surface area contributed by atoms with Gasteiger partial charge in [0.25, 0.3) is 11.5 Å². The molecule has 2 N–H and O–H groups in total. The summed E-state index contributed by atoms with van der Waals surface area (Å²) in [6.45, 7) is 5.80. The van der Waals surface area contributed by atoms with E-state index in [4.69, 9.17) is 0 Å². The summed E-state index contributed by atoms with van der Waals surface area (Å²) in [6.07, 6.45) is 2.60. The standard InChI is InChI=1S/C37H36N6O2/c1-2-32(26-11-5-3-6-12-26)39-36(44)35-30-15-9-10-16-31(30)37(45)43(28-13-7-4-8-14-28)34(35)25-41-19-21-42(22-20-41)29-17-18-33-27(23-29)24-38-40-33/h3-18,23-24,32H,2,19-22,25H2,1H3,(H,38,40)(H,39,44)/t32-/m0/s1. The van der Waals surface area contributed by atoms with Gasteiger partial charge < -0.3 is 10.2 Å². The zero-order chi connectivity index (χ0) is 30.8. The number of aromatic nitrogens is 3. The highest BCUT2D eigenvalue weighted by atomic mass is 16.2. The first-order valence-electron chi connectivity index (χ1n) is 15.6. The van der Waals surface area contributed by atoms with Gasteiger partial charge in [-0.2, -0.15) is 5.10 Å². The Balaban J connectivity index is 1.27. The van der Waals surface area contributed by atoms with E-state index in [9.17, 15) is 9.59 Å². The second-order valence-corrected chi connectivity index (χ2v) is 11.6. The lowest BCUT2D eigenvalue weighted by Crippen LogP contribution is -2.47. The number of para-hydroxylation sites is 1. The molecular weight excluding hydrogens is 560 g/mol. The predicted octanol–water partition coefficient (Wildman–Crippen LogP) is 6.07. The quantitative estimate of drug-likeness (QED) is 0.223. The number of piperazine rings is 1. The first-order valence-corrected chi connectivity index (χ1v) is 15.6. The lowest BCUT2D eigenvalue weighted by Gasteiger charge is -2.37. The van der Waals surface area contributed by atoms with Crippen molar-refractivity contribution in [2.75, 3.05) is 31.1 Å². The molecule has 45 heavy (non-hydrogen) atoms. The number of rotatable bonds is 8. The first kappa shape index (κ1) is 28.6. The SMILES string of the molecule is CC[C@H](NC(=O)c1c(CN2CCN(c3ccc4[nH]ncc4c3)CC2)n(-c2ccccc2)c(=O)c2ccccc12)c1ccccc1. The normalized spacial score (nSPS) is 14.6. The Hall–Kier alpha value is -5.21. The Morgan fingerprint density at radius 2 is 1.53 bits per heavy atom. The highest BCUT2D eigenvalue weighted by molar-refractivity contribution is 6.08. The van der Waals surface area contributed by atoms with Crippen molar-refractivity contribution >= 4 is 33.3 Å². The molecule has 3 heterocycles. The molecule has 1 amide bonds. The van der Waals surface area contributed by atoms with Crippen LogP contribution in [0.25, 0.3) is 27.4 Å². The summed E-state index contributed by atoms with van der Waals surface area (Å²) in [7, 11) is 0. The molecule has 1 saturated heterocycles. The number of pyridine rings is 1. The van der Waals surface area contributed by atoms with Gasteiger partial charge in [0.1, 0.15) is 0 Å². The summed E-state index contributed by atoms with van der Waals surface area (Å²) in [5.74, 6) is -0.173. The number of benzene rings is 4. The molecule has 2 aromatic heterocycles. The molecule has 226 valence electrons. The number of carbonyl (C=O) groups excluding carboxylic acids is 1. The fraction of sp³-hybridized carbons (Fsp3) is 0.216. The van der Waals surface area contributed by atoms with Crippen LogP contribution < -0.4 is 15.8 Å². The van der Waals surface area contributed by atoms with E-state index in [0.29, 0.717) is 28.6 Å². The number of amides is 1. The average Bonchev–Trinajstić information content (AvgIpc) is 3.57. The Morgan fingerprint density at radius 3 is 2.27 bits per heavy atom. The van der Waals surface area contributed by atoms with Gasteiger partial charge in [-0.15, -0.1) is 0 Å². The number of H-pyrrole nitrogens is 1. The maximum Gasteiger partial charge on any atom is 0.263 e. The van der Waals surface area contributed by atoms with E-state index < -0.39 is 0 Å². The third kappa shape index (κ3) is 5.60. The molecule has 0 bridgehead atoms. The molecule has 1 aliphatic heterocycles. The zero-order valence-electron chi connectivity index (χ0n) is 25.3. The maximum atomic E-state index is 14.4. The molecule has 0 spiro atoms.